The predicted molar refractivity (Wildman–Crippen MR) is 78.8 cm³/mol. The van der Waals surface area contributed by atoms with Crippen LogP contribution in [0, 0.1) is 0 Å². The van der Waals surface area contributed by atoms with Crippen molar-refractivity contribution in [2.24, 2.45) is 0 Å². The van der Waals surface area contributed by atoms with Gasteiger partial charge in [-0.3, -0.25) is 9.69 Å². The van der Waals surface area contributed by atoms with E-state index in [1.54, 1.807) is 21.3 Å². The van der Waals surface area contributed by atoms with E-state index < -0.39 is 8.80 Å². The normalized spacial score (nSPS) is 19.8. The van der Waals surface area contributed by atoms with E-state index in [4.69, 9.17) is 22.8 Å². The average Bonchev–Trinajstić information content (AvgIpc) is 2.50. The van der Waals surface area contributed by atoms with Gasteiger partial charge in [0.15, 0.2) is 0 Å². The lowest BCUT2D eigenvalue weighted by Crippen LogP contribution is -2.45. The molecular formula is C13H27NO6Si. The second-order valence-electron chi connectivity index (χ2n) is 5.07. The Morgan fingerprint density at radius 2 is 1.90 bits per heavy atom. The second kappa shape index (κ2) is 9.49. The zero-order valence-electron chi connectivity index (χ0n) is 13.4. The van der Waals surface area contributed by atoms with Gasteiger partial charge in [-0.15, -0.1) is 0 Å². The Hall–Kier alpha value is -0.513. The number of hydrogen-bond acceptors (Lipinski definition) is 7. The van der Waals surface area contributed by atoms with Gasteiger partial charge in [0, 0.05) is 40.3 Å². The molecule has 0 N–H and O–H groups in total. The molecule has 0 saturated carbocycles. The predicted octanol–water partition coefficient (Wildman–Crippen LogP) is 0.866. The highest BCUT2D eigenvalue weighted by Crippen LogP contribution is 2.15. The number of esters is 1. The molecule has 0 radical (unpaired) electrons. The van der Waals surface area contributed by atoms with Crippen LogP contribution in [0.5, 0.6) is 0 Å². The average molecular weight is 321 g/mol. The fraction of sp³-hybridized carbons (Fsp3) is 0.923. The second-order valence-corrected chi connectivity index (χ2v) is 8.16. The van der Waals surface area contributed by atoms with E-state index in [-0.39, 0.29) is 18.8 Å². The van der Waals surface area contributed by atoms with E-state index in [9.17, 15) is 4.79 Å². The summed E-state index contributed by atoms with van der Waals surface area (Å²) in [6.45, 7) is 1.50. The molecular weight excluding hydrogens is 294 g/mol. The van der Waals surface area contributed by atoms with Gasteiger partial charge in [-0.1, -0.05) is 0 Å². The first-order chi connectivity index (χ1) is 10.0. The van der Waals surface area contributed by atoms with Crippen LogP contribution in [0.15, 0.2) is 0 Å². The number of likely N-dealkylation sites (N-methyl/N-ethyl adjacent to an activating group) is 1. The van der Waals surface area contributed by atoms with Crippen molar-refractivity contribution in [3.8, 4) is 0 Å². The maximum Gasteiger partial charge on any atom is 0.501 e. The summed E-state index contributed by atoms with van der Waals surface area (Å²) in [5, 5.41) is 0. The fourth-order valence-electron chi connectivity index (χ4n) is 2.17. The molecule has 1 aliphatic heterocycles. The minimum atomic E-state index is -2.59. The third-order valence-electron chi connectivity index (χ3n) is 3.53. The van der Waals surface area contributed by atoms with Crippen LogP contribution in [0.4, 0.5) is 0 Å². The number of carbonyl (C=O) groups excluding carboxylic acids is 1. The van der Waals surface area contributed by atoms with E-state index in [2.05, 4.69) is 0 Å². The van der Waals surface area contributed by atoms with Gasteiger partial charge < -0.3 is 22.8 Å². The molecule has 1 unspecified atom stereocenters. The van der Waals surface area contributed by atoms with Crippen LogP contribution in [-0.4, -0.2) is 74.0 Å². The molecule has 0 aromatic carbocycles. The molecule has 0 spiro atoms. The van der Waals surface area contributed by atoms with Crippen molar-refractivity contribution in [3.63, 3.8) is 0 Å². The molecule has 21 heavy (non-hydrogen) atoms. The smallest absolute Gasteiger partial charge is 0.435 e. The van der Waals surface area contributed by atoms with Gasteiger partial charge in [0.2, 0.25) is 6.29 Å². The molecule has 1 fully saturated rings. The fourth-order valence-corrected chi connectivity index (χ4v) is 3.94. The third-order valence-corrected chi connectivity index (χ3v) is 6.23. The Morgan fingerprint density at radius 1 is 1.24 bits per heavy atom. The minimum absolute atomic E-state index is 0.210. The molecule has 7 nitrogen and oxygen atoms in total. The highest BCUT2D eigenvalue weighted by Gasteiger charge is 2.37. The van der Waals surface area contributed by atoms with Gasteiger partial charge in [-0.05, 0) is 19.9 Å². The summed E-state index contributed by atoms with van der Waals surface area (Å²) in [5.74, 6) is -0.274. The zero-order valence-corrected chi connectivity index (χ0v) is 14.4. The van der Waals surface area contributed by atoms with Crippen LogP contribution in [0.25, 0.3) is 0 Å². The van der Waals surface area contributed by atoms with Crippen molar-refractivity contribution >= 4 is 14.8 Å². The van der Waals surface area contributed by atoms with E-state index in [0.29, 0.717) is 19.2 Å². The SMILES string of the molecule is CO[Si](CCN(C)CC(=O)OC1CCCCO1)(OC)OC. The van der Waals surface area contributed by atoms with Crippen molar-refractivity contribution in [3.05, 3.63) is 0 Å². The van der Waals surface area contributed by atoms with Gasteiger partial charge in [0.25, 0.3) is 0 Å². The summed E-state index contributed by atoms with van der Waals surface area (Å²) >= 11 is 0. The Kier molecular flexibility index (Phi) is 8.38. The van der Waals surface area contributed by atoms with Crippen molar-refractivity contribution in [1.29, 1.82) is 0 Å². The molecule has 8 heteroatoms. The monoisotopic (exact) mass is 321 g/mol. The largest absolute Gasteiger partial charge is 0.501 e. The van der Waals surface area contributed by atoms with Crippen molar-refractivity contribution in [2.45, 2.75) is 31.6 Å². The highest BCUT2D eigenvalue weighted by molar-refractivity contribution is 6.60. The van der Waals surface area contributed by atoms with Crippen molar-refractivity contribution < 1.29 is 27.5 Å². The quantitative estimate of drug-likeness (QED) is 0.461. The lowest BCUT2D eigenvalue weighted by atomic mass is 10.2. The summed E-state index contributed by atoms with van der Waals surface area (Å²) in [7, 11) is 3.99. The molecule has 1 rings (SSSR count). The number of ether oxygens (including phenoxy) is 2. The molecule has 1 heterocycles. The van der Waals surface area contributed by atoms with E-state index in [1.165, 1.54) is 0 Å². The molecule has 1 atom stereocenters. The Balaban J connectivity index is 2.28. The van der Waals surface area contributed by atoms with Crippen LogP contribution in [0.2, 0.25) is 6.04 Å². The maximum atomic E-state index is 11.8. The Morgan fingerprint density at radius 3 is 2.43 bits per heavy atom. The Labute approximate surface area is 127 Å². The summed E-state index contributed by atoms with van der Waals surface area (Å²) in [5.41, 5.74) is 0. The van der Waals surface area contributed by atoms with Gasteiger partial charge in [0.05, 0.1) is 13.2 Å². The summed E-state index contributed by atoms with van der Waals surface area (Å²) in [6, 6.07) is 0.611. The molecule has 0 aromatic rings. The third kappa shape index (κ3) is 6.41. The van der Waals surface area contributed by atoms with Gasteiger partial charge in [-0.25, -0.2) is 0 Å². The topological polar surface area (TPSA) is 66.5 Å². The van der Waals surface area contributed by atoms with Gasteiger partial charge in [0.1, 0.15) is 0 Å². The number of nitrogens with zero attached hydrogens (tertiary/aromatic N) is 1. The molecule has 0 aromatic heterocycles. The minimum Gasteiger partial charge on any atom is -0.435 e. The van der Waals surface area contributed by atoms with Gasteiger partial charge >= 0.3 is 14.8 Å². The van der Waals surface area contributed by atoms with Crippen LogP contribution < -0.4 is 0 Å². The lowest BCUT2D eigenvalue weighted by Gasteiger charge is -2.27. The van der Waals surface area contributed by atoms with Crippen molar-refractivity contribution in [1.82, 2.24) is 4.90 Å². The summed E-state index contributed by atoms with van der Waals surface area (Å²) in [6.07, 6.45) is 2.47. The molecule has 0 amide bonds. The zero-order chi connectivity index (χ0) is 15.7. The lowest BCUT2D eigenvalue weighted by molar-refractivity contribution is -0.187. The number of rotatable bonds is 9. The van der Waals surface area contributed by atoms with Crippen LogP contribution in [-0.2, 0) is 27.5 Å². The number of carbonyl (C=O) groups is 1. The van der Waals surface area contributed by atoms with Gasteiger partial charge in [-0.2, -0.15) is 0 Å². The molecule has 0 aliphatic carbocycles. The summed E-state index contributed by atoms with van der Waals surface area (Å²) in [4.78, 5) is 13.7. The molecule has 0 bridgehead atoms. The number of hydrogen-bond donors (Lipinski definition) is 0. The van der Waals surface area contributed by atoms with Crippen LogP contribution >= 0.6 is 0 Å². The highest BCUT2D eigenvalue weighted by atomic mass is 28.4. The summed E-state index contributed by atoms with van der Waals surface area (Å²) < 4.78 is 26.7. The van der Waals surface area contributed by atoms with E-state index >= 15 is 0 Å². The van der Waals surface area contributed by atoms with Crippen molar-refractivity contribution in [2.75, 3.05) is 48.1 Å². The molecule has 1 aliphatic rings. The van der Waals surface area contributed by atoms with E-state index in [1.807, 2.05) is 11.9 Å². The standard InChI is InChI=1S/C13H27NO6Si/c1-14(8-10-21(16-2,17-3)18-4)11-12(15)20-13-7-5-6-9-19-13/h13H,5-11H2,1-4H3. The Bertz CT molecular complexity index is 299. The molecule has 1 saturated heterocycles. The first-order valence-corrected chi connectivity index (χ1v) is 9.13. The van der Waals surface area contributed by atoms with E-state index in [0.717, 1.165) is 19.3 Å². The molecule has 124 valence electrons. The van der Waals surface area contributed by atoms with Crippen LogP contribution in [0.1, 0.15) is 19.3 Å². The maximum absolute atomic E-state index is 11.8. The first kappa shape index (κ1) is 18.5. The first-order valence-electron chi connectivity index (χ1n) is 7.20. The van der Waals surface area contributed by atoms with Crippen LogP contribution in [0.3, 0.4) is 0 Å².